The van der Waals surface area contributed by atoms with E-state index in [0.29, 0.717) is 19.4 Å². The lowest BCUT2D eigenvalue weighted by atomic mass is 10.2. The van der Waals surface area contributed by atoms with Gasteiger partial charge in [-0.3, -0.25) is 0 Å². The lowest BCUT2D eigenvalue weighted by molar-refractivity contribution is -0.139. The molecule has 0 fully saturated rings. The lowest BCUT2D eigenvalue weighted by Gasteiger charge is -2.13. The van der Waals surface area contributed by atoms with Crippen molar-refractivity contribution in [1.82, 2.24) is 10.6 Å². The first-order chi connectivity index (χ1) is 8.52. The van der Waals surface area contributed by atoms with Gasteiger partial charge in [-0.05, 0) is 28.4 Å². The van der Waals surface area contributed by atoms with Crippen LogP contribution in [0.1, 0.15) is 24.6 Å². The summed E-state index contributed by atoms with van der Waals surface area (Å²) < 4.78 is 0.971. The summed E-state index contributed by atoms with van der Waals surface area (Å²) in [5, 5.41) is 15.9. The van der Waals surface area contributed by atoms with Gasteiger partial charge in [0.1, 0.15) is 6.04 Å². The molecule has 0 unspecified atom stereocenters. The second-order valence-electron chi connectivity index (χ2n) is 3.74. The highest BCUT2D eigenvalue weighted by molar-refractivity contribution is 9.10. The van der Waals surface area contributed by atoms with Gasteiger partial charge in [0.05, 0.1) is 6.54 Å². The number of amides is 2. The van der Waals surface area contributed by atoms with Gasteiger partial charge in [0, 0.05) is 14.7 Å². The zero-order valence-corrected chi connectivity index (χ0v) is 12.3. The summed E-state index contributed by atoms with van der Waals surface area (Å²) in [5.41, 5.74) is 0. The Bertz CT molecular complexity index is 422. The molecule has 0 spiro atoms. The Morgan fingerprint density at radius 2 is 2.28 bits per heavy atom. The molecule has 0 bridgehead atoms. The average molecular weight is 335 g/mol. The maximum absolute atomic E-state index is 11.5. The fraction of sp³-hybridized carbons (Fsp3) is 0.455. The number of aliphatic carboxylic acids is 1. The molecule has 0 aromatic carbocycles. The van der Waals surface area contributed by atoms with E-state index < -0.39 is 18.0 Å². The minimum atomic E-state index is -1.01. The van der Waals surface area contributed by atoms with E-state index in [-0.39, 0.29) is 0 Å². The molecule has 7 heteroatoms. The van der Waals surface area contributed by atoms with Crippen molar-refractivity contribution in [3.05, 3.63) is 20.8 Å². The topological polar surface area (TPSA) is 78.4 Å². The minimum Gasteiger partial charge on any atom is -0.480 e. The number of carboxylic acids is 1. The van der Waals surface area contributed by atoms with Crippen molar-refractivity contribution < 1.29 is 14.7 Å². The molecule has 0 saturated heterocycles. The van der Waals surface area contributed by atoms with Crippen molar-refractivity contribution in [2.24, 2.45) is 0 Å². The molecule has 0 aliphatic carbocycles. The fourth-order valence-electron chi connectivity index (χ4n) is 1.37. The Kier molecular flexibility index (Phi) is 6.14. The van der Waals surface area contributed by atoms with Crippen LogP contribution in [0, 0.1) is 0 Å². The van der Waals surface area contributed by atoms with E-state index in [2.05, 4.69) is 26.6 Å². The molecule has 0 radical (unpaired) electrons. The van der Waals surface area contributed by atoms with Gasteiger partial charge in [0.25, 0.3) is 0 Å². The predicted octanol–water partition coefficient (Wildman–Crippen LogP) is 2.56. The highest BCUT2D eigenvalue weighted by Gasteiger charge is 2.18. The van der Waals surface area contributed by atoms with Crippen molar-refractivity contribution in [3.8, 4) is 0 Å². The van der Waals surface area contributed by atoms with Crippen LogP contribution < -0.4 is 10.6 Å². The molecule has 1 aromatic rings. The third kappa shape index (κ3) is 5.05. The van der Waals surface area contributed by atoms with Crippen molar-refractivity contribution in [2.45, 2.75) is 32.4 Å². The molecule has 0 saturated carbocycles. The van der Waals surface area contributed by atoms with Crippen LogP contribution in [-0.2, 0) is 11.3 Å². The normalized spacial score (nSPS) is 11.9. The van der Waals surface area contributed by atoms with Gasteiger partial charge >= 0.3 is 12.0 Å². The molecule has 3 N–H and O–H groups in total. The predicted molar refractivity (Wildman–Crippen MR) is 73.7 cm³/mol. The number of hydrogen-bond donors (Lipinski definition) is 3. The van der Waals surface area contributed by atoms with E-state index in [1.165, 1.54) is 11.3 Å². The fourth-order valence-corrected chi connectivity index (χ4v) is 2.76. The van der Waals surface area contributed by atoms with Gasteiger partial charge in [-0.15, -0.1) is 11.3 Å². The summed E-state index contributed by atoms with van der Waals surface area (Å²) in [5.74, 6) is -1.01. The first kappa shape index (κ1) is 15.0. The number of carbonyl (C=O) groups is 2. The average Bonchev–Trinajstić information content (AvgIpc) is 2.72. The molecule has 1 rings (SSSR count). The first-order valence-electron chi connectivity index (χ1n) is 5.53. The van der Waals surface area contributed by atoms with E-state index in [1.54, 1.807) is 0 Å². The van der Waals surface area contributed by atoms with Crippen molar-refractivity contribution in [1.29, 1.82) is 0 Å². The summed E-state index contributed by atoms with van der Waals surface area (Å²) in [4.78, 5) is 23.4. The van der Waals surface area contributed by atoms with Gasteiger partial charge in [-0.25, -0.2) is 9.59 Å². The highest BCUT2D eigenvalue weighted by Crippen LogP contribution is 2.19. The quantitative estimate of drug-likeness (QED) is 0.748. The molecule has 5 nitrogen and oxygen atoms in total. The molecule has 1 aromatic heterocycles. The largest absolute Gasteiger partial charge is 0.480 e. The van der Waals surface area contributed by atoms with Crippen LogP contribution in [0.3, 0.4) is 0 Å². The summed E-state index contributed by atoms with van der Waals surface area (Å²) in [6.45, 7) is 2.26. The Morgan fingerprint density at radius 1 is 1.56 bits per heavy atom. The monoisotopic (exact) mass is 334 g/mol. The number of nitrogens with one attached hydrogen (secondary N) is 2. The van der Waals surface area contributed by atoms with Crippen molar-refractivity contribution in [3.63, 3.8) is 0 Å². The third-order valence-corrected chi connectivity index (χ3v) is 3.92. The SMILES string of the molecule is CCC[C@H](NC(=O)NCc1cc(Br)cs1)C(=O)O. The second-order valence-corrected chi connectivity index (χ2v) is 5.65. The summed E-state index contributed by atoms with van der Waals surface area (Å²) >= 11 is 4.84. The maximum Gasteiger partial charge on any atom is 0.326 e. The van der Waals surface area contributed by atoms with E-state index in [4.69, 9.17) is 5.11 Å². The van der Waals surface area contributed by atoms with Gasteiger partial charge < -0.3 is 15.7 Å². The summed E-state index contributed by atoms with van der Waals surface area (Å²) in [7, 11) is 0. The van der Waals surface area contributed by atoms with Crippen molar-refractivity contribution in [2.75, 3.05) is 0 Å². The third-order valence-electron chi connectivity index (χ3n) is 2.23. The molecule has 0 aliphatic rings. The number of thiophene rings is 1. The zero-order chi connectivity index (χ0) is 13.5. The number of halogens is 1. The summed E-state index contributed by atoms with van der Waals surface area (Å²) in [6.07, 6.45) is 1.13. The van der Waals surface area contributed by atoms with Crippen LogP contribution in [-0.4, -0.2) is 23.1 Å². The number of hydrogen-bond acceptors (Lipinski definition) is 3. The molecule has 1 heterocycles. The molecular weight excluding hydrogens is 320 g/mol. The van der Waals surface area contributed by atoms with Crippen LogP contribution in [0.5, 0.6) is 0 Å². The van der Waals surface area contributed by atoms with E-state index in [1.807, 2.05) is 18.4 Å². The van der Waals surface area contributed by atoms with Gasteiger partial charge in [-0.2, -0.15) is 0 Å². The molecule has 2 amide bonds. The number of rotatable bonds is 6. The maximum atomic E-state index is 11.5. The first-order valence-corrected chi connectivity index (χ1v) is 7.20. The van der Waals surface area contributed by atoms with Crippen LogP contribution in [0.4, 0.5) is 4.79 Å². The number of carboxylic acid groups (broad SMARTS) is 1. The Balaban J connectivity index is 2.38. The van der Waals surface area contributed by atoms with Crippen LogP contribution >= 0.6 is 27.3 Å². The van der Waals surface area contributed by atoms with E-state index in [9.17, 15) is 9.59 Å². The minimum absolute atomic E-state index is 0.389. The van der Waals surface area contributed by atoms with Gasteiger partial charge in [0.2, 0.25) is 0 Å². The molecule has 100 valence electrons. The molecule has 1 atom stereocenters. The van der Waals surface area contributed by atoms with Crippen LogP contribution in [0.15, 0.2) is 15.9 Å². The summed E-state index contributed by atoms with van der Waals surface area (Å²) in [6, 6.07) is 0.622. The molecular formula is C11H15BrN2O3S. The Morgan fingerprint density at radius 3 is 2.78 bits per heavy atom. The number of carbonyl (C=O) groups excluding carboxylic acids is 1. The Hall–Kier alpha value is -1.08. The van der Waals surface area contributed by atoms with Crippen molar-refractivity contribution >= 4 is 39.3 Å². The van der Waals surface area contributed by atoms with Crippen LogP contribution in [0.25, 0.3) is 0 Å². The molecule has 0 aliphatic heterocycles. The van der Waals surface area contributed by atoms with Gasteiger partial charge in [0.15, 0.2) is 0 Å². The van der Waals surface area contributed by atoms with E-state index in [0.717, 1.165) is 9.35 Å². The Labute approximate surface area is 118 Å². The second kappa shape index (κ2) is 7.38. The van der Waals surface area contributed by atoms with Gasteiger partial charge in [-0.1, -0.05) is 13.3 Å². The lowest BCUT2D eigenvalue weighted by Crippen LogP contribution is -2.45. The smallest absolute Gasteiger partial charge is 0.326 e. The zero-order valence-electron chi connectivity index (χ0n) is 9.90. The number of urea groups is 1. The standard InChI is InChI=1S/C11H15BrN2O3S/c1-2-3-9(10(15)16)14-11(17)13-5-8-4-7(12)6-18-8/h4,6,9H,2-3,5H2,1H3,(H,15,16)(H2,13,14,17)/t9-/m0/s1. The van der Waals surface area contributed by atoms with Crippen LogP contribution in [0.2, 0.25) is 0 Å². The van der Waals surface area contributed by atoms with E-state index >= 15 is 0 Å². The molecule has 18 heavy (non-hydrogen) atoms. The highest BCUT2D eigenvalue weighted by atomic mass is 79.9.